The Morgan fingerprint density at radius 1 is 1.00 bits per heavy atom. The highest BCUT2D eigenvalue weighted by atomic mass is 32.2. The van der Waals surface area contributed by atoms with Crippen molar-refractivity contribution in [3.8, 4) is 11.4 Å². The molecule has 0 saturated carbocycles. The predicted octanol–water partition coefficient (Wildman–Crippen LogP) is 3.37. The zero-order valence-electron chi connectivity index (χ0n) is 17.1. The summed E-state index contributed by atoms with van der Waals surface area (Å²) in [5, 5.41) is 9.27. The second-order valence-electron chi connectivity index (χ2n) is 7.36. The number of amides is 1. The molecule has 1 amide bonds. The lowest BCUT2D eigenvalue weighted by Gasteiger charge is -2.36. The average molecular weight is 426 g/mol. The molecule has 0 unspecified atom stereocenters. The number of aryl methyl sites for hydroxylation is 1. The lowest BCUT2D eigenvalue weighted by Crippen LogP contribution is -2.49. The van der Waals surface area contributed by atoms with Gasteiger partial charge in [-0.15, -0.1) is 10.2 Å². The number of hydrogen-bond donors (Lipinski definition) is 0. The summed E-state index contributed by atoms with van der Waals surface area (Å²) in [5.41, 5.74) is 3.19. The van der Waals surface area contributed by atoms with Gasteiger partial charge in [0.15, 0.2) is 11.0 Å². The van der Waals surface area contributed by atoms with E-state index in [1.54, 1.807) is 12.1 Å². The summed E-state index contributed by atoms with van der Waals surface area (Å²) in [6.07, 6.45) is 0. The normalized spacial score (nSPS) is 14.2. The Kier molecular flexibility index (Phi) is 6.03. The first-order valence-corrected chi connectivity index (χ1v) is 10.9. The SMILES string of the molecule is Cc1ccc(-c2nnc(SCC(=O)N3CCN(c4ccc(F)cc4)CC3)n2C)cc1. The Labute approximate surface area is 179 Å². The number of benzene rings is 2. The summed E-state index contributed by atoms with van der Waals surface area (Å²) in [6, 6.07) is 14.6. The highest BCUT2D eigenvalue weighted by molar-refractivity contribution is 7.99. The van der Waals surface area contributed by atoms with Crippen LogP contribution in [0.25, 0.3) is 11.4 Å². The van der Waals surface area contributed by atoms with E-state index in [0.717, 1.165) is 35.3 Å². The number of piperazine rings is 1. The van der Waals surface area contributed by atoms with E-state index >= 15 is 0 Å². The van der Waals surface area contributed by atoms with Gasteiger partial charge in [-0.3, -0.25) is 4.79 Å². The highest BCUT2D eigenvalue weighted by Gasteiger charge is 2.22. The van der Waals surface area contributed by atoms with Crippen LogP contribution in [0.2, 0.25) is 0 Å². The maximum absolute atomic E-state index is 13.1. The molecule has 0 spiro atoms. The van der Waals surface area contributed by atoms with Gasteiger partial charge in [0.25, 0.3) is 0 Å². The molecule has 0 N–H and O–H groups in total. The lowest BCUT2D eigenvalue weighted by atomic mass is 10.1. The summed E-state index contributed by atoms with van der Waals surface area (Å²) < 4.78 is 15.0. The van der Waals surface area contributed by atoms with E-state index in [1.807, 2.05) is 47.7 Å². The van der Waals surface area contributed by atoms with Gasteiger partial charge in [-0.05, 0) is 31.2 Å². The van der Waals surface area contributed by atoms with Crippen LogP contribution in [-0.4, -0.2) is 57.5 Å². The van der Waals surface area contributed by atoms with Gasteiger partial charge < -0.3 is 14.4 Å². The Morgan fingerprint density at radius 2 is 1.67 bits per heavy atom. The van der Waals surface area contributed by atoms with Gasteiger partial charge in [-0.25, -0.2) is 4.39 Å². The second-order valence-corrected chi connectivity index (χ2v) is 8.31. The van der Waals surface area contributed by atoms with Crippen molar-refractivity contribution in [2.24, 2.45) is 7.05 Å². The van der Waals surface area contributed by atoms with Gasteiger partial charge in [-0.2, -0.15) is 0 Å². The zero-order valence-corrected chi connectivity index (χ0v) is 17.9. The topological polar surface area (TPSA) is 54.3 Å². The zero-order chi connectivity index (χ0) is 21.1. The van der Waals surface area contributed by atoms with Crippen LogP contribution in [0.3, 0.4) is 0 Å². The fourth-order valence-corrected chi connectivity index (χ4v) is 4.29. The van der Waals surface area contributed by atoms with Gasteiger partial charge in [0.1, 0.15) is 5.82 Å². The van der Waals surface area contributed by atoms with Gasteiger partial charge in [0.05, 0.1) is 5.75 Å². The molecule has 0 aliphatic carbocycles. The largest absolute Gasteiger partial charge is 0.368 e. The third-order valence-corrected chi connectivity index (χ3v) is 6.30. The Balaban J connectivity index is 1.31. The number of hydrogen-bond acceptors (Lipinski definition) is 5. The van der Waals surface area contributed by atoms with Crippen LogP contribution in [0, 0.1) is 12.7 Å². The molecule has 0 radical (unpaired) electrons. The highest BCUT2D eigenvalue weighted by Crippen LogP contribution is 2.23. The van der Waals surface area contributed by atoms with E-state index in [4.69, 9.17) is 0 Å². The van der Waals surface area contributed by atoms with Crippen LogP contribution < -0.4 is 4.90 Å². The summed E-state index contributed by atoms with van der Waals surface area (Å²) in [6.45, 7) is 4.84. The number of nitrogens with zero attached hydrogens (tertiary/aromatic N) is 5. The molecule has 2 aromatic carbocycles. The van der Waals surface area contributed by atoms with E-state index in [-0.39, 0.29) is 11.7 Å². The lowest BCUT2D eigenvalue weighted by molar-refractivity contribution is -0.128. The molecule has 1 saturated heterocycles. The van der Waals surface area contributed by atoms with Crippen LogP contribution >= 0.6 is 11.8 Å². The van der Waals surface area contributed by atoms with Gasteiger partial charge in [0.2, 0.25) is 5.91 Å². The number of rotatable bonds is 5. The van der Waals surface area contributed by atoms with Gasteiger partial charge >= 0.3 is 0 Å². The summed E-state index contributed by atoms with van der Waals surface area (Å²) in [4.78, 5) is 16.7. The van der Waals surface area contributed by atoms with E-state index in [1.165, 1.54) is 29.5 Å². The van der Waals surface area contributed by atoms with Crippen molar-refractivity contribution >= 4 is 23.4 Å². The maximum Gasteiger partial charge on any atom is 0.233 e. The maximum atomic E-state index is 13.1. The fourth-order valence-electron chi connectivity index (χ4n) is 3.48. The van der Waals surface area contributed by atoms with Crippen molar-refractivity contribution < 1.29 is 9.18 Å². The average Bonchev–Trinajstić information content (AvgIpc) is 3.13. The molecule has 0 bridgehead atoms. The van der Waals surface area contributed by atoms with Crippen LogP contribution in [0.4, 0.5) is 10.1 Å². The quantitative estimate of drug-likeness (QED) is 0.587. The van der Waals surface area contributed by atoms with E-state index < -0.39 is 0 Å². The molecule has 1 aliphatic heterocycles. The van der Waals surface area contributed by atoms with Crippen molar-refractivity contribution in [3.05, 3.63) is 59.9 Å². The number of carbonyl (C=O) groups excluding carboxylic acids is 1. The predicted molar refractivity (Wildman–Crippen MR) is 117 cm³/mol. The van der Waals surface area contributed by atoms with E-state index in [9.17, 15) is 9.18 Å². The molecule has 1 aromatic heterocycles. The van der Waals surface area contributed by atoms with Crippen LogP contribution in [0.1, 0.15) is 5.56 Å². The number of anilines is 1. The molecule has 156 valence electrons. The molecular formula is C22H24FN5OS. The molecule has 3 aromatic rings. The third kappa shape index (κ3) is 4.48. The molecule has 0 atom stereocenters. The Morgan fingerprint density at radius 3 is 2.33 bits per heavy atom. The number of carbonyl (C=O) groups is 1. The van der Waals surface area contributed by atoms with Crippen LogP contribution in [0.5, 0.6) is 0 Å². The smallest absolute Gasteiger partial charge is 0.233 e. The van der Waals surface area contributed by atoms with Crippen LogP contribution in [0.15, 0.2) is 53.7 Å². The van der Waals surface area contributed by atoms with Crippen molar-refractivity contribution in [1.29, 1.82) is 0 Å². The first-order chi connectivity index (χ1) is 14.5. The van der Waals surface area contributed by atoms with E-state index in [0.29, 0.717) is 18.8 Å². The summed E-state index contributed by atoms with van der Waals surface area (Å²) in [7, 11) is 1.92. The first kappa shape index (κ1) is 20.4. The molecule has 30 heavy (non-hydrogen) atoms. The van der Waals surface area contributed by atoms with Gasteiger partial charge in [-0.1, -0.05) is 41.6 Å². The minimum absolute atomic E-state index is 0.0960. The molecular weight excluding hydrogens is 401 g/mol. The molecule has 2 heterocycles. The minimum atomic E-state index is -0.237. The number of thioether (sulfide) groups is 1. The molecule has 4 rings (SSSR count). The molecule has 6 nitrogen and oxygen atoms in total. The number of halogens is 1. The second kappa shape index (κ2) is 8.87. The standard InChI is InChI=1S/C22H24FN5OS/c1-16-3-5-17(6-4-16)21-24-25-22(26(21)2)30-15-20(29)28-13-11-27(12-14-28)19-9-7-18(23)8-10-19/h3-10H,11-15H2,1-2H3. The fraction of sp³-hybridized carbons (Fsp3) is 0.318. The first-order valence-electron chi connectivity index (χ1n) is 9.89. The van der Waals surface area contributed by atoms with Crippen LogP contribution in [-0.2, 0) is 11.8 Å². The molecule has 8 heteroatoms. The molecule has 1 aliphatic rings. The van der Waals surface area contributed by atoms with Crippen molar-refractivity contribution in [1.82, 2.24) is 19.7 Å². The molecule has 1 fully saturated rings. The third-order valence-electron chi connectivity index (χ3n) is 5.29. The van der Waals surface area contributed by atoms with Crippen molar-refractivity contribution in [3.63, 3.8) is 0 Å². The Bertz CT molecular complexity index is 1010. The Hall–Kier alpha value is -2.87. The monoisotopic (exact) mass is 425 g/mol. The van der Waals surface area contributed by atoms with Gasteiger partial charge in [0, 0.05) is 44.5 Å². The van der Waals surface area contributed by atoms with Crippen molar-refractivity contribution in [2.75, 3.05) is 36.8 Å². The summed E-state index contributed by atoms with van der Waals surface area (Å²) in [5.74, 6) is 0.978. The minimum Gasteiger partial charge on any atom is -0.368 e. The number of aromatic nitrogens is 3. The van der Waals surface area contributed by atoms with Crippen molar-refractivity contribution in [2.45, 2.75) is 12.1 Å². The van der Waals surface area contributed by atoms with E-state index in [2.05, 4.69) is 15.1 Å². The summed E-state index contributed by atoms with van der Waals surface area (Å²) >= 11 is 1.41.